The average Bonchev–Trinajstić information content (AvgIpc) is 3.12. The van der Waals surface area contributed by atoms with Gasteiger partial charge < -0.3 is 15.3 Å². The smallest absolute Gasteiger partial charge is 0.329 e. The maximum absolute atomic E-state index is 12.7. The van der Waals surface area contributed by atoms with E-state index < -0.39 is 11.5 Å². The molecule has 2 fully saturated rings. The van der Waals surface area contributed by atoms with Crippen molar-refractivity contribution >= 4 is 17.8 Å². The van der Waals surface area contributed by atoms with Gasteiger partial charge in [-0.05, 0) is 31.2 Å². The van der Waals surface area contributed by atoms with Gasteiger partial charge in [0.15, 0.2) is 0 Å². The van der Waals surface area contributed by atoms with Crippen molar-refractivity contribution in [2.75, 3.05) is 13.1 Å². The molecule has 0 bridgehead atoms. The van der Waals surface area contributed by atoms with Gasteiger partial charge in [-0.15, -0.1) is 0 Å². The second kappa shape index (κ2) is 7.89. The van der Waals surface area contributed by atoms with E-state index in [9.17, 15) is 19.5 Å². The third-order valence-corrected chi connectivity index (χ3v) is 5.57. The quantitative estimate of drug-likeness (QED) is 0.843. The highest BCUT2D eigenvalue weighted by Crippen LogP contribution is 2.31. The Morgan fingerprint density at radius 1 is 1.12 bits per heavy atom. The number of carboxylic acids is 1. The zero-order valence-electron chi connectivity index (χ0n) is 14.9. The Hall–Kier alpha value is -2.37. The van der Waals surface area contributed by atoms with Crippen molar-refractivity contribution in [2.45, 2.75) is 50.5 Å². The Morgan fingerprint density at radius 2 is 1.81 bits per heavy atom. The van der Waals surface area contributed by atoms with Crippen LogP contribution < -0.4 is 5.32 Å². The van der Waals surface area contributed by atoms with Crippen LogP contribution in [-0.4, -0.2) is 46.4 Å². The molecule has 0 radical (unpaired) electrons. The van der Waals surface area contributed by atoms with Gasteiger partial charge in [0.2, 0.25) is 11.8 Å². The van der Waals surface area contributed by atoms with Crippen LogP contribution in [0.1, 0.15) is 44.1 Å². The van der Waals surface area contributed by atoms with Crippen molar-refractivity contribution in [1.29, 1.82) is 0 Å². The average molecular weight is 358 g/mol. The summed E-state index contributed by atoms with van der Waals surface area (Å²) in [6, 6.07) is 9.56. The summed E-state index contributed by atoms with van der Waals surface area (Å²) in [6.07, 6.45) is 4.39. The monoisotopic (exact) mass is 358 g/mol. The number of carbonyl (C=O) groups excluding carboxylic acids is 2. The van der Waals surface area contributed by atoms with Crippen LogP contribution in [0, 0.1) is 5.92 Å². The molecule has 1 saturated heterocycles. The van der Waals surface area contributed by atoms with Crippen LogP contribution in [0.4, 0.5) is 0 Å². The molecule has 2 amide bonds. The summed E-state index contributed by atoms with van der Waals surface area (Å²) < 4.78 is 0. The largest absolute Gasteiger partial charge is 0.480 e. The number of rotatable bonds is 5. The number of benzene rings is 1. The highest BCUT2D eigenvalue weighted by atomic mass is 16.4. The molecule has 1 aliphatic heterocycles. The number of hydrogen-bond acceptors (Lipinski definition) is 3. The number of nitrogens with zero attached hydrogens (tertiary/aromatic N) is 1. The lowest BCUT2D eigenvalue weighted by Gasteiger charge is -2.34. The second-order valence-corrected chi connectivity index (χ2v) is 7.42. The number of hydrogen-bond donors (Lipinski definition) is 2. The summed E-state index contributed by atoms with van der Waals surface area (Å²) >= 11 is 0. The van der Waals surface area contributed by atoms with E-state index in [4.69, 9.17) is 0 Å². The first-order chi connectivity index (χ1) is 12.5. The van der Waals surface area contributed by atoms with Gasteiger partial charge in [-0.1, -0.05) is 43.2 Å². The molecule has 1 unspecified atom stereocenters. The first kappa shape index (κ1) is 18.4. The highest BCUT2D eigenvalue weighted by molar-refractivity contribution is 5.89. The Balaban J connectivity index is 1.60. The fraction of sp³-hybridized carbons (Fsp3) is 0.550. The van der Waals surface area contributed by atoms with Gasteiger partial charge in [-0.25, -0.2) is 4.79 Å². The summed E-state index contributed by atoms with van der Waals surface area (Å²) in [7, 11) is 0. The van der Waals surface area contributed by atoms with Gasteiger partial charge in [0.1, 0.15) is 5.54 Å². The lowest BCUT2D eigenvalue weighted by Crippen LogP contribution is -2.56. The van der Waals surface area contributed by atoms with Gasteiger partial charge >= 0.3 is 5.97 Å². The molecule has 140 valence electrons. The van der Waals surface area contributed by atoms with Gasteiger partial charge in [0.05, 0.1) is 12.3 Å². The van der Waals surface area contributed by atoms with E-state index in [1.54, 1.807) is 4.90 Å². The van der Waals surface area contributed by atoms with Crippen LogP contribution in [0.3, 0.4) is 0 Å². The number of aliphatic carboxylic acids is 1. The third-order valence-electron chi connectivity index (χ3n) is 5.57. The summed E-state index contributed by atoms with van der Waals surface area (Å²) in [5.41, 5.74) is -0.159. The molecule has 2 N–H and O–H groups in total. The molecule has 0 spiro atoms. The number of amides is 2. The molecule has 26 heavy (non-hydrogen) atoms. The Labute approximate surface area is 153 Å². The molecule has 1 aliphatic carbocycles. The normalized spacial score (nSPS) is 22.0. The molecule has 6 heteroatoms. The van der Waals surface area contributed by atoms with Crippen LogP contribution in [-0.2, 0) is 20.8 Å². The van der Waals surface area contributed by atoms with Crippen molar-refractivity contribution in [3.63, 3.8) is 0 Å². The molecular formula is C20H26N2O4. The molecule has 1 aromatic carbocycles. The summed E-state index contributed by atoms with van der Waals surface area (Å²) in [4.78, 5) is 38.6. The molecule has 6 nitrogen and oxygen atoms in total. The van der Waals surface area contributed by atoms with E-state index in [1.807, 2.05) is 30.3 Å². The summed E-state index contributed by atoms with van der Waals surface area (Å²) in [6.45, 7) is 1.02. The number of likely N-dealkylation sites (tertiary alicyclic amines) is 1. The number of carbonyl (C=O) groups is 3. The molecule has 1 atom stereocenters. The number of nitrogens with one attached hydrogen (secondary N) is 1. The molecule has 2 aliphatic rings. The SMILES string of the molecule is O=C(NC1(C(=O)O)CCCC1)C1CCCN(C(=O)Cc2ccccc2)C1. The van der Waals surface area contributed by atoms with Crippen molar-refractivity contribution in [3.05, 3.63) is 35.9 Å². The van der Waals surface area contributed by atoms with E-state index >= 15 is 0 Å². The number of carboxylic acid groups (broad SMARTS) is 1. The zero-order valence-corrected chi connectivity index (χ0v) is 14.9. The fourth-order valence-corrected chi connectivity index (χ4v) is 4.01. The van der Waals surface area contributed by atoms with E-state index in [2.05, 4.69) is 5.32 Å². The summed E-state index contributed by atoms with van der Waals surface area (Å²) in [5, 5.41) is 12.3. The van der Waals surface area contributed by atoms with Crippen molar-refractivity contribution < 1.29 is 19.5 Å². The minimum absolute atomic E-state index is 0.0162. The van der Waals surface area contributed by atoms with E-state index in [1.165, 1.54) is 0 Å². The highest BCUT2D eigenvalue weighted by Gasteiger charge is 2.44. The summed E-state index contributed by atoms with van der Waals surface area (Å²) in [5.74, 6) is -1.49. The molecule has 1 aromatic rings. The van der Waals surface area contributed by atoms with Crippen LogP contribution in [0.25, 0.3) is 0 Å². The predicted molar refractivity (Wildman–Crippen MR) is 96.4 cm³/mol. The topological polar surface area (TPSA) is 86.7 Å². The number of piperidine rings is 1. The molecule has 1 heterocycles. The van der Waals surface area contributed by atoms with Gasteiger partial charge in [-0.2, -0.15) is 0 Å². The molecule has 3 rings (SSSR count). The first-order valence-electron chi connectivity index (χ1n) is 9.37. The predicted octanol–water partition coefficient (Wildman–Crippen LogP) is 1.98. The van der Waals surface area contributed by atoms with Gasteiger partial charge in [-0.3, -0.25) is 9.59 Å². The zero-order chi connectivity index (χ0) is 18.6. The van der Waals surface area contributed by atoms with Crippen molar-refractivity contribution in [3.8, 4) is 0 Å². The second-order valence-electron chi connectivity index (χ2n) is 7.42. The molecular weight excluding hydrogens is 332 g/mol. The lowest BCUT2D eigenvalue weighted by atomic mass is 9.92. The maximum atomic E-state index is 12.7. The van der Waals surface area contributed by atoms with Crippen LogP contribution in [0.2, 0.25) is 0 Å². The van der Waals surface area contributed by atoms with E-state index in [0.29, 0.717) is 38.8 Å². The van der Waals surface area contributed by atoms with Crippen LogP contribution in [0.5, 0.6) is 0 Å². The minimum Gasteiger partial charge on any atom is -0.480 e. The van der Waals surface area contributed by atoms with Crippen LogP contribution >= 0.6 is 0 Å². The third kappa shape index (κ3) is 4.06. The van der Waals surface area contributed by atoms with Gasteiger partial charge in [0.25, 0.3) is 0 Å². The Morgan fingerprint density at radius 3 is 2.46 bits per heavy atom. The first-order valence-corrected chi connectivity index (χ1v) is 9.37. The van der Waals surface area contributed by atoms with Crippen molar-refractivity contribution in [2.24, 2.45) is 5.92 Å². The molecule has 1 saturated carbocycles. The van der Waals surface area contributed by atoms with E-state index in [0.717, 1.165) is 24.8 Å². The fourth-order valence-electron chi connectivity index (χ4n) is 4.01. The maximum Gasteiger partial charge on any atom is 0.329 e. The minimum atomic E-state index is -1.12. The molecule has 0 aromatic heterocycles. The van der Waals surface area contributed by atoms with Crippen molar-refractivity contribution in [1.82, 2.24) is 10.2 Å². The van der Waals surface area contributed by atoms with E-state index in [-0.39, 0.29) is 17.7 Å². The Bertz CT molecular complexity index is 668. The Kier molecular flexibility index (Phi) is 5.59. The standard InChI is InChI=1S/C20H26N2O4/c23-17(13-15-7-2-1-3-8-15)22-12-6-9-16(14-22)18(24)21-20(19(25)26)10-4-5-11-20/h1-3,7-8,16H,4-6,9-14H2,(H,21,24)(H,25,26). The van der Waals surface area contributed by atoms with Crippen LogP contribution in [0.15, 0.2) is 30.3 Å². The van der Waals surface area contributed by atoms with Gasteiger partial charge in [0, 0.05) is 13.1 Å². The lowest BCUT2D eigenvalue weighted by molar-refractivity contribution is -0.149.